The third-order valence-electron chi connectivity index (χ3n) is 2.75. The van der Waals surface area contributed by atoms with Gasteiger partial charge in [-0.15, -0.1) is 0 Å². The molecule has 0 aliphatic carbocycles. The van der Waals surface area contributed by atoms with Gasteiger partial charge in [-0.25, -0.2) is 4.79 Å². The predicted molar refractivity (Wildman–Crippen MR) is 73.2 cm³/mol. The first kappa shape index (κ1) is 15.0. The Morgan fingerprint density at radius 2 is 1.63 bits per heavy atom. The number of carboxylic acid groups (broad SMARTS) is 1. The lowest BCUT2D eigenvalue weighted by Crippen LogP contribution is -2.37. The average Bonchev–Trinajstić information content (AvgIpc) is 2.39. The van der Waals surface area contributed by atoms with Crippen molar-refractivity contribution in [3.8, 4) is 0 Å². The van der Waals surface area contributed by atoms with Crippen molar-refractivity contribution in [1.29, 1.82) is 0 Å². The van der Waals surface area contributed by atoms with Gasteiger partial charge in [0.05, 0.1) is 6.42 Å². The van der Waals surface area contributed by atoms with Crippen LogP contribution >= 0.6 is 0 Å². The SMILES string of the molecule is CCc1ccc(CCNC(=O)NCCC(=O)O)cc1. The van der Waals surface area contributed by atoms with E-state index >= 15 is 0 Å². The number of carbonyl (C=O) groups excluding carboxylic acids is 1. The average molecular weight is 264 g/mol. The number of urea groups is 1. The largest absolute Gasteiger partial charge is 0.481 e. The maximum absolute atomic E-state index is 11.3. The molecular formula is C14H20N2O3. The highest BCUT2D eigenvalue weighted by Crippen LogP contribution is 2.05. The van der Waals surface area contributed by atoms with Crippen molar-refractivity contribution in [2.24, 2.45) is 0 Å². The fraction of sp³-hybridized carbons (Fsp3) is 0.429. The van der Waals surface area contributed by atoms with Gasteiger partial charge in [-0.05, 0) is 24.0 Å². The summed E-state index contributed by atoms with van der Waals surface area (Å²) in [5, 5.41) is 13.6. The van der Waals surface area contributed by atoms with Gasteiger partial charge in [-0.1, -0.05) is 31.2 Å². The lowest BCUT2D eigenvalue weighted by molar-refractivity contribution is -0.136. The molecule has 2 amide bonds. The van der Waals surface area contributed by atoms with Gasteiger partial charge in [0.25, 0.3) is 0 Å². The molecule has 0 radical (unpaired) electrons. The first-order valence-electron chi connectivity index (χ1n) is 6.43. The van der Waals surface area contributed by atoms with Crippen LogP contribution in [-0.4, -0.2) is 30.2 Å². The maximum atomic E-state index is 11.3. The minimum atomic E-state index is -0.920. The van der Waals surface area contributed by atoms with Crippen molar-refractivity contribution in [3.05, 3.63) is 35.4 Å². The van der Waals surface area contributed by atoms with E-state index in [1.807, 2.05) is 0 Å². The molecule has 0 aliphatic rings. The summed E-state index contributed by atoms with van der Waals surface area (Å²) in [7, 11) is 0. The van der Waals surface area contributed by atoms with E-state index in [9.17, 15) is 9.59 Å². The molecule has 0 atom stereocenters. The summed E-state index contributed by atoms with van der Waals surface area (Å²) < 4.78 is 0. The monoisotopic (exact) mass is 264 g/mol. The molecule has 5 heteroatoms. The first-order valence-corrected chi connectivity index (χ1v) is 6.43. The number of amides is 2. The number of carbonyl (C=O) groups is 2. The molecule has 1 rings (SSSR count). The molecule has 104 valence electrons. The summed E-state index contributed by atoms with van der Waals surface area (Å²) in [6.07, 6.45) is 1.72. The van der Waals surface area contributed by atoms with Gasteiger partial charge in [-0.2, -0.15) is 0 Å². The Labute approximate surface area is 113 Å². The molecule has 1 aromatic carbocycles. The van der Waals surface area contributed by atoms with Crippen LogP contribution in [0.5, 0.6) is 0 Å². The summed E-state index contributed by atoms with van der Waals surface area (Å²) in [6, 6.07) is 7.96. The maximum Gasteiger partial charge on any atom is 0.314 e. The molecule has 0 aliphatic heterocycles. The molecule has 0 aromatic heterocycles. The van der Waals surface area contributed by atoms with Crippen LogP contribution < -0.4 is 10.6 Å². The topological polar surface area (TPSA) is 78.4 Å². The van der Waals surface area contributed by atoms with Crippen molar-refractivity contribution in [2.75, 3.05) is 13.1 Å². The molecule has 3 N–H and O–H groups in total. The number of carboxylic acids is 1. The number of nitrogens with one attached hydrogen (secondary N) is 2. The highest BCUT2D eigenvalue weighted by Gasteiger charge is 2.01. The van der Waals surface area contributed by atoms with Crippen LogP contribution in [0.1, 0.15) is 24.5 Å². The molecule has 5 nitrogen and oxygen atoms in total. The van der Waals surface area contributed by atoms with Gasteiger partial charge in [-0.3, -0.25) is 4.79 Å². The first-order chi connectivity index (χ1) is 9.11. The van der Waals surface area contributed by atoms with E-state index in [0.717, 1.165) is 12.8 Å². The summed E-state index contributed by atoms with van der Waals surface area (Å²) in [4.78, 5) is 21.6. The second-order valence-electron chi connectivity index (χ2n) is 4.25. The lowest BCUT2D eigenvalue weighted by atomic mass is 10.1. The van der Waals surface area contributed by atoms with Gasteiger partial charge >= 0.3 is 12.0 Å². The normalized spacial score (nSPS) is 9.95. The van der Waals surface area contributed by atoms with E-state index in [0.29, 0.717) is 6.54 Å². The standard InChI is InChI=1S/C14H20N2O3/c1-2-11-3-5-12(6-4-11)7-9-15-14(19)16-10-8-13(17)18/h3-6H,2,7-10H2,1H3,(H,17,18)(H2,15,16,19). The fourth-order valence-electron chi connectivity index (χ4n) is 1.61. The van der Waals surface area contributed by atoms with Crippen LogP contribution in [0.3, 0.4) is 0 Å². The molecule has 0 bridgehead atoms. The molecule has 0 fully saturated rings. The van der Waals surface area contributed by atoms with Crippen molar-refractivity contribution in [1.82, 2.24) is 10.6 Å². The number of aryl methyl sites for hydroxylation is 1. The van der Waals surface area contributed by atoms with Crippen molar-refractivity contribution >= 4 is 12.0 Å². The number of aliphatic carboxylic acids is 1. The van der Waals surface area contributed by atoms with Crippen LogP contribution in [0.2, 0.25) is 0 Å². The van der Waals surface area contributed by atoms with Gasteiger partial charge in [0.1, 0.15) is 0 Å². The van der Waals surface area contributed by atoms with Crippen LogP contribution in [0.15, 0.2) is 24.3 Å². The Bertz CT molecular complexity index is 415. The third-order valence-corrected chi connectivity index (χ3v) is 2.75. The quantitative estimate of drug-likeness (QED) is 0.699. The Balaban J connectivity index is 2.18. The van der Waals surface area contributed by atoms with Gasteiger partial charge in [0, 0.05) is 13.1 Å². The van der Waals surface area contributed by atoms with Gasteiger partial charge < -0.3 is 15.7 Å². The Hall–Kier alpha value is -2.04. The number of hydrogen-bond acceptors (Lipinski definition) is 2. The van der Waals surface area contributed by atoms with Crippen LogP contribution in [0, 0.1) is 0 Å². The molecule has 0 spiro atoms. The highest BCUT2D eigenvalue weighted by molar-refractivity contribution is 5.74. The molecule has 0 heterocycles. The second-order valence-corrected chi connectivity index (χ2v) is 4.25. The van der Waals surface area contributed by atoms with Gasteiger partial charge in [0.2, 0.25) is 0 Å². The van der Waals surface area contributed by atoms with Crippen molar-refractivity contribution in [2.45, 2.75) is 26.2 Å². The Morgan fingerprint density at radius 1 is 1.05 bits per heavy atom. The summed E-state index contributed by atoms with van der Waals surface area (Å²) >= 11 is 0. The Kier molecular flexibility index (Phi) is 6.43. The van der Waals surface area contributed by atoms with E-state index in [2.05, 4.69) is 41.8 Å². The molecule has 1 aromatic rings. The zero-order valence-corrected chi connectivity index (χ0v) is 11.1. The van der Waals surface area contributed by atoms with Crippen LogP contribution in [0.4, 0.5) is 4.79 Å². The zero-order chi connectivity index (χ0) is 14.1. The van der Waals surface area contributed by atoms with E-state index in [1.54, 1.807) is 0 Å². The lowest BCUT2D eigenvalue weighted by Gasteiger charge is -2.07. The van der Waals surface area contributed by atoms with Crippen LogP contribution in [0.25, 0.3) is 0 Å². The minimum absolute atomic E-state index is 0.0636. The molecular weight excluding hydrogens is 244 g/mol. The number of benzene rings is 1. The zero-order valence-electron chi connectivity index (χ0n) is 11.1. The summed E-state index contributed by atoms with van der Waals surface area (Å²) in [5.41, 5.74) is 2.46. The number of rotatable bonds is 7. The molecule has 19 heavy (non-hydrogen) atoms. The molecule has 0 saturated carbocycles. The third kappa shape index (κ3) is 6.45. The van der Waals surface area contributed by atoms with E-state index in [-0.39, 0.29) is 19.0 Å². The van der Waals surface area contributed by atoms with Crippen molar-refractivity contribution in [3.63, 3.8) is 0 Å². The highest BCUT2D eigenvalue weighted by atomic mass is 16.4. The van der Waals surface area contributed by atoms with Crippen molar-refractivity contribution < 1.29 is 14.7 Å². The summed E-state index contributed by atoms with van der Waals surface area (Å²) in [5.74, 6) is -0.920. The Morgan fingerprint density at radius 3 is 2.21 bits per heavy atom. The molecule has 0 saturated heterocycles. The smallest absolute Gasteiger partial charge is 0.314 e. The summed E-state index contributed by atoms with van der Waals surface area (Å²) in [6.45, 7) is 2.79. The van der Waals surface area contributed by atoms with E-state index in [4.69, 9.17) is 5.11 Å². The van der Waals surface area contributed by atoms with Gasteiger partial charge in [0.15, 0.2) is 0 Å². The molecule has 0 unspecified atom stereocenters. The van der Waals surface area contributed by atoms with E-state index in [1.165, 1.54) is 11.1 Å². The predicted octanol–water partition coefficient (Wildman–Crippen LogP) is 1.57. The second kappa shape index (κ2) is 8.13. The fourth-order valence-corrected chi connectivity index (χ4v) is 1.61. The minimum Gasteiger partial charge on any atom is -0.481 e. The van der Waals surface area contributed by atoms with Crippen LogP contribution in [-0.2, 0) is 17.6 Å². The number of hydrogen-bond donors (Lipinski definition) is 3. The van der Waals surface area contributed by atoms with E-state index < -0.39 is 5.97 Å².